The second-order valence-electron chi connectivity index (χ2n) is 12.0. The van der Waals surface area contributed by atoms with E-state index in [0.717, 1.165) is 85.4 Å². The lowest BCUT2D eigenvalue weighted by atomic mass is 9.87. The zero-order valence-electron chi connectivity index (χ0n) is 26.3. The van der Waals surface area contributed by atoms with Crippen molar-refractivity contribution in [1.29, 1.82) is 0 Å². The Morgan fingerprint density at radius 2 is 1.33 bits per heavy atom. The smallest absolute Gasteiger partial charge is 0.414 e. The Kier molecular flexibility index (Phi) is 11.6. The van der Waals surface area contributed by atoms with Crippen LogP contribution in [0.1, 0.15) is 54.1 Å². The number of hydrogen-bond donors (Lipinski definition) is 2. The number of halogens is 3. The van der Waals surface area contributed by atoms with E-state index in [1.165, 1.54) is 36.4 Å². The van der Waals surface area contributed by atoms with Crippen molar-refractivity contribution in [2.24, 2.45) is 5.92 Å². The minimum absolute atomic E-state index is 0.103. The van der Waals surface area contributed by atoms with E-state index in [9.17, 15) is 13.2 Å². The van der Waals surface area contributed by atoms with Crippen LogP contribution < -0.4 is 0 Å². The molecule has 0 radical (unpaired) electrons. The van der Waals surface area contributed by atoms with Crippen LogP contribution in [0.2, 0.25) is 0 Å². The molecule has 48 heavy (non-hydrogen) atoms. The van der Waals surface area contributed by atoms with Crippen LogP contribution in [0.5, 0.6) is 0 Å². The van der Waals surface area contributed by atoms with Crippen molar-refractivity contribution in [1.82, 2.24) is 19.4 Å². The first-order valence-corrected chi connectivity index (χ1v) is 15.9. The molecule has 2 aromatic heterocycles. The van der Waals surface area contributed by atoms with E-state index in [1.807, 2.05) is 48.5 Å². The highest BCUT2D eigenvalue weighted by Gasteiger charge is 2.23. The summed E-state index contributed by atoms with van der Waals surface area (Å²) in [5, 5.41) is 14.8. The number of carboxylic acid groups (broad SMARTS) is 2. The number of likely N-dealkylation sites (tertiary alicyclic amines) is 1. The van der Waals surface area contributed by atoms with Gasteiger partial charge in [-0.25, -0.2) is 32.7 Å². The Morgan fingerprint density at radius 1 is 0.792 bits per heavy atom. The average molecular weight is 659 g/mol. The van der Waals surface area contributed by atoms with Gasteiger partial charge in [-0.3, -0.25) is 0 Å². The molecule has 11 heteroatoms. The molecule has 0 bridgehead atoms. The van der Waals surface area contributed by atoms with E-state index < -0.39 is 11.9 Å². The predicted octanol–water partition coefficient (Wildman–Crippen LogP) is 6.92. The maximum atomic E-state index is 13.6. The molecule has 5 aromatic rings. The summed E-state index contributed by atoms with van der Waals surface area (Å²) in [7, 11) is 0. The highest BCUT2D eigenvalue weighted by Crippen LogP contribution is 2.31. The third-order valence-electron chi connectivity index (χ3n) is 8.71. The molecule has 250 valence electrons. The molecule has 3 heterocycles. The largest absolute Gasteiger partial charge is 0.473 e. The molecule has 0 atom stereocenters. The molecule has 0 aliphatic carbocycles. The molecule has 2 N–H and O–H groups in total. The van der Waals surface area contributed by atoms with Crippen LogP contribution in [0.3, 0.4) is 0 Å². The molecule has 0 unspecified atom stereocenters. The molecule has 1 saturated heterocycles. The lowest BCUT2D eigenvalue weighted by Crippen LogP contribution is -2.35. The molecular weight excluding hydrogens is 621 g/mol. The van der Waals surface area contributed by atoms with Gasteiger partial charge < -0.3 is 19.7 Å². The molecule has 0 amide bonds. The molecule has 6 rings (SSSR count). The minimum Gasteiger partial charge on any atom is -0.473 e. The van der Waals surface area contributed by atoms with Gasteiger partial charge in [-0.2, -0.15) is 0 Å². The lowest BCUT2D eigenvalue weighted by Gasteiger charge is -2.32. The van der Waals surface area contributed by atoms with Crippen molar-refractivity contribution in [2.75, 3.05) is 19.6 Å². The summed E-state index contributed by atoms with van der Waals surface area (Å²) in [4.78, 5) is 30.3. The fourth-order valence-corrected chi connectivity index (χ4v) is 6.21. The third-order valence-corrected chi connectivity index (χ3v) is 8.71. The van der Waals surface area contributed by atoms with Gasteiger partial charge in [-0.1, -0.05) is 36.4 Å². The lowest BCUT2D eigenvalue weighted by molar-refractivity contribution is -0.159. The van der Waals surface area contributed by atoms with Gasteiger partial charge in [0.15, 0.2) is 5.65 Å². The number of imidazole rings is 1. The van der Waals surface area contributed by atoms with Crippen LogP contribution in [0, 0.1) is 23.4 Å². The Balaban J connectivity index is 0.000000689. The quantitative estimate of drug-likeness (QED) is 0.157. The Bertz CT molecular complexity index is 1750. The number of pyridine rings is 1. The predicted molar refractivity (Wildman–Crippen MR) is 175 cm³/mol. The summed E-state index contributed by atoms with van der Waals surface area (Å²) in [5.74, 6) is -2.70. The van der Waals surface area contributed by atoms with Crippen LogP contribution in [0.25, 0.3) is 11.2 Å². The van der Waals surface area contributed by atoms with E-state index in [0.29, 0.717) is 12.5 Å². The number of benzene rings is 3. The molecular formula is C37H37F3N4O4. The fourth-order valence-electron chi connectivity index (χ4n) is 6.21. The molecule has 8 nitrogen and oxygen atoms in total. The van der Waals surface area contributed by atoms with Crippen LogP contribution in [-0.4, -0.2) is 61.2 Å². The summed E-state index contributed by atoms with van der Waals surface area (Å²) >= 11 is 0. The normalized spacial score (nSPS) is 13.8. The zero-order chi connectivity index (χ0) is 34.0. The van der Waals surface area contributed by atoms with E-state index in [-0.39, 0.29) is 23.4 Å². The highest BCUT2D eigenvalue weighted by molar-refractivity contribution is 6.27. The van der Waals surface area contributed by atoms with Crippen molar-refractivity contribution in [2.45, 2.75) is 44.6 Å². The van der Waals surface area contributed by atoms with Crippen molar-refractivity contribution < 1.29 is 33.0 Å². The first-order chi connectivity index (χ1) is 23.2. The monoisotopic (exact) mass is 658 g/mol. The molecule has 1 fully saturated rings. The van der Waals surface area contributed by atoms with Crippen LogP contribution >= 0.6 is 0 Å². The van der Waals surface area contributed by atoms with Gasteiger partial charge in [0, 0.05) is 18.5 Å². The van der Waals surface area contributed by atoms with Gasteiger partial charge in [-0.15, -0.1) is 0 Å². The maximum absolute atomic E-state index is 13.6. The highest BCUT2D eigenvalue weighted by atomic mass is 19.1. The van der Waals surface area contributed by atoms with Gasteiger partial charge in [0.25, 0.3) is 0 Å². The van der Waals surface area contributed by atoms with Crippen molar-refractivity contribution in [3.8, 4) is 0 Å². The van der Waals surface area contributed by atoms with Crippen LogP contribution in [0.4, 0.5) is 13.2 Å². The number of aromatic nitrogens is 3. The third kappa shape index (κ3) is 9.28. The molecule has 0 saturated carbocycles. The first-order valence-electron chi connectivity index (χ1n) is 15.9. The number of carboxylic acids is 2. The van der Waals surface area contributed by atoms with Crippen molar-refractivity contribution in [3.05, 3.63) is 131 Å². The molecule has 1 aliphatic heterocycles. The summed E-state index contributed by atoms with van der Waals surface area (Å²) in [6, 6.07) is 23.9. The zero-order valence-corrected chi connectivity index (χ0v) is 26.3. The Morgan fingerprint density at radius 3 is 1.88 bits per heavy atom. The topological polar surface area (TPSA) is 109 Å². The number of nitrogens with zero attached hydrogens (tertiary/aromatic N) is 4. The summed E-state index contributed by atoms with van der Waals surface area (Å²) < 4.78 is 42.8. The molecule has 3 aromatic carbocycles. The molecule has 0 spiro atoms. The van der Waals surface area contributed by atoms with Gasteiger partial charge in [0.05, 0.1) is 6.54 Å². The van der Waals surface area contributed by atoms with Gasteiger partial charge in [0.2, 0.25) is 0 Å². The van der Waals surface area contributed by atoms with Gasteiger partial charge >= 0.3 is 11.9 Å². The van der Waals surface area contributed by atoms with Gasteiger partial charge in [-0.05, 0) is 116 Å². The number of piperidine rings is 1. The molecule has 1 aliphatic rings. The maximum Gasteiger partial charge on any atom is 0.414 e. The van der Waals surface area contributed by atoms with E-state index >= 15 is 0 Å². The number of hydrogen-bond acceptors (Lipinski definition) is 5. The number of aliphatic carboxylic acids is 2. The van der Waals surface area contributed by atoms with E-state index in [4.69, 9.17) is 24.8 Å². The van der Waals surface area contributed by atoms with E-state index in [2.05, 4.69) is 14.5 Å². The Hall–Kier alpha value is -5.03. The average Bonchev–Trinajstić information content (AvgIpc) is 3.42. The number of rotatable bonds is 10. The second-order valence-corrected chi connectivity index (χ2v) is 12.0. The number of fused-ring (bicyclic) bond motifs is 1. The van der Waals surface area contributed by atoms with Crippen LogP contribution in [0.15, 0.2) is 91.1 Å². The summed E-state index contributed by atoms with van der Waals surface area (Å²) in [6.07, 6.45) is 6.81. The SMILES string of the molecule is Fc1ccc(Cn2c(CC3CCN(CCCC(c4ccc(F)cc4)c4ccc(F)cc4)CC3)nc3cccnc32)cc1.O=C(O)C(=O)O. The summed E-state index contributed by atoms with van der Waals surface area (Å²) in [6.45, 7) is 3.70. The van der Waals surface area contributed by atoms with Crippen LogP contribution in [-0.2, 0) is 22.6 Å². The first kappa shape index (κ1) is 34.3. The number of carbonyl (C=O) groups is 2. The van der Waals surface area contributed by atoms with Gasteiger partial charge in [0.1, 0.15) is 28.8 Å². The second kappa shape index (κ2) is 16.2. The Labute approximate surface area is 276 Å². The summed E-state index contributed by atoms with van der Waals surface area (Å²) in [5.41, 5.74) is 4.89. The van der Waals surface area contributed by atoms with Crippen molar-refractivity contribution >= 4 is 23.1 Å². The van der Waals surface area contributed by atoms with Crippen molar-refractivity contribution in [3.63, 3.8) is 0 Å². The minimum atomic E-state index is -1.82. The standard InChI is InChI=1S/C35H35F3N4.C2H2O4/c36-29-11-5-26(6-12-29)24-42-34(40-33-4-1-19-39-35(33)42)23-25-17-21-41(22-18-25)20-2-3-32(27-7-13-30(37)14-8-27)28-9-15-31(38)16-10-28;3-1(4)2(5)6/h1,4-16,19,25,32H,2-3,17-18,20-24H2;(H,3,4)(H,5,6). The fraction of sp³-hybridized carbons (Fsp3) is 0.297. The van der Waals surface area contributed by atoms with E-state index in [1.54, 1.807) is 6.20 Å².